The Morgan fingerprint density at radius 1 is 1.40 bits per heavy atom. The molecule has 0 heterocycles. The van der Waals surface area contributed by atoms with Crippen molar-refractivity contribution in [2.45, 2.75) is 0 Å². The molecule has 0 atom stereocenters. The molecule has 3 heteroatoms. The molecular weight excluding hydrogens is 128 g/mol. The van der Waals surface area contributed by atoms with Crippen molar-refractivity contribution in [2.24, 2.45) is 5.73 Å². The Balaban J connectivity index is 3.15. The number of nitrogen functional groups attached to an aromatic ring is 1. The van der Waals surface area contributed by atoms with Gasteiger partial charge >= 0.3 is 0 Å². The molecule has 3 N–H and O–H groups in total. The molecule has 0 aliphatic heterocycles. The van der Waals surface area contributed by atoms with Crippen LogP contribution in [-0.2, 0) is 5.11 Å². The predicted octanol–water partition coefficient (Wildman–Crippen LogP) is 1.11. The zero-order valence-electron chi connectivity index (χ0n) is 5.29. The number of rotatable bonds is 1. The number of hydrogen-bond acceptors (Lipinski definition) is 1. The van der Waals surface area contributed by atoms with E-state index in [0.29, 0.717) is 0 Å². The molecule has 10 heavy (non-hydrogen) atoms. The minimum Gasteiger partial charge on any atom is -0.384 e. The third kappa shape index (κ3) is 1.07. The summed E-state index contributed by atoms with van der Waals surface area (Å²) in [6.07, 6.45) is 0. The van der Waals surface area contributed by atoms with Gasteiger partial charge in [0.1, 0.15) is 5.84 Å². The van der Waals surface area contributed by atoms with Crippen LogP contribution in [0.5, 0.6) is 5.75 Å². The molecule has 51 valence electrons. The van der Waals surface area contributed by atoms with Crippen molar-refractivity contribution in [2.75, 3.05) is 0 Å². The normalized spacial score (nSPS) is 9.20. The molecule has 0 unspecified atom stereocenters. The Kier molecular flexibility index (Phi) is 1.58. The van der Waals surface area contributed by atoms with Crippen LogP contribution in [0.2, 0.25) is 0 Å². The molecule has 0 bridgehead atoms. The fourth-order valence-corrected chi connectivity index (χ4v) is 0.689. The molecule has 1 radical (unpaired) electrons. The molecule has 0 aliphatic rings. The Bertz CT molecular complexity index is 258. The van der Waals surface area contributed by atoms with Gasteiger partial charge in [0.15, 0.2) is 5.75 Å². The second-order valence-electron chi connectivity index (χ2n) is 1.91. The van der Waals surface area contributed by atoms with Crippen LogP contribution >= 0.6 is 0 Å². The zero-order chi connectivity index (χ0) is 7.56. The maximum atomic E-state index is 10.8. The molecule has 0 saturated heterocycles. The summed E-state index contributed by atoms with van der Waals surface area (Å²) in [5.74, 6) is -0.374. The largest absolute Gasteiger partial charge is 0.384 e. The van der Waals surface area contributed by atoms with Gasteiger partial charge < -0.3 is 5.73 Å². The molecule has 0 amide bonds. The molecule has 1 rings (SSSR count). The summed E-state index contributed by atoms with van der Waals surface area (Å²) >= 11 is 0. The van der Waals surface area contributed by atoms with Gasteiger partial charge in [-0.25, -0.2) is 0 Å². The van der Waals surface area contributed by atoms with Gasteiger partial charge in [0, 0.05) is 0 Å². The molecule has 0 fully saturated rings. The van der Waals surface area contributed by atoms with E-state index < -0.39 is 0 Å². The first kappa shape index (κ1) is 6.61. The van der Waals surface area contributed by atoms with Gasteiger partial charge in [-0.1, -0.05) is 12.1 Å². The summed E-state index contributed by atoms with van der Waals surface area (Å²) in [6, 6.07) is 6.22. The first-order valence-corrected chi connectivity index (χ1v) is 2.82. The van der Waals surface area contributed by atoms with E-state index in [1.165, 1.54) is 12.1 Å². The fraction of sp³-hybridized carbons (Fsp3) is 0. The molecule has 0 aliphatic carbocycles. The van der Waals surface area contributed by atoms with Gasteiger partial charge in [-0.15, -0.1) is 0 Å². The number of nitrogens with one attached hydrogen (secondary N) is 1. The van der Waals surface area contributed by atoms with Crippen LogP contribution in [0.3, 0.4) is 0 Å². The van der Waals surface area contributed by atoms with E-state index >= 15 is 0 Å². The Labute approximate surface area is 58.6 Å². The predicted molar refractivity (Wildman–Crippen MR) is 37.6 cm³/mol. The van der Waals surface area contributed by atoms with Gasteiger partial charge in [0.25, 0.3) is 0 Å². The van der Waals surface area contributed by atoms with Crippen molar-refractivity contribution in [3.05, 3.63) is 29.8 Å². The maximum absolute atomic E-state index is 10.8. The first-order chi connectivity index (χ1) is 4.72. The summed E-state index contributed by atoms with van der Waals surface area (Å²) in [7, 11) is 0. The van der Waals surface area contributed by atoms with Gasteiger partial charge in [0.2, 0.25) is 0 Å². The second kappa shape index (κ2) is 2.39. The van der Waals surface area contributed by atoms with Gasteiger partial charge in [-0.05, 0) is 12.1 Å². The summed E-state index contributed by atoms with van der Waals surface area (Å²) in [4.78, 5) is 0. The average molecular weight is 135 g/mol. The first-order valence-electron chi connectivity index (χ1n) is 2.82. The van der Waals surface area contributed by atoms with Gasteiger partial charge in [-0.3, -0.25) is 10.5 Å². The lowest BCUT2D eigenvalue weighted by Crippen LogP contribution is -2.10. The topological polar surface area (TPSA) is 69.8 Å². The quantitative estimate of drug-likeness (QED) is 0.439. The van der Waals surface area contributed by atoms with Crippen molar-refractivity contribution in [3.63, 3.8) is 0 Å². The van der Waals surface area contributed by atoms with Gasteiger partial charge in [-0.2, -0.15) is 0 Å². The molecule has 1 aromatic rings. The van der Waals surface area contributed by atoms with Crippen LogP contribution in [0.1, 0.15) is 5.56 Å². The third-order valence-corrected chi connectivity index (χ3v) is 1.18. The summed E-state index contributed by atoms with van der Waals surface area (Å²) in [5, 5.41) is 17.8. The summed E-state index contributed by atoms with van der Waals surface area (Å²) in [6.45, 7) is 0. The molecular formula is C7H7N2O. The molecule has 0 spiro atoms. The third-order valence-electron chi connectivity index (χ3n) is 1.18. The van der Waals surface area contributed by atoms with E-state index in [4.69, 9.17) is 11.1 Å². The van der Waals surface area contributed by atoms with E-state index in [0.717, 1.165) is 0 Å². The minimum atomic E-state index is -0.199. The second-order valence-corrected chi connectivity index (χ2v) is 1.91. The highest BCUT2D eigenvalue weighted by molar-refractivity contribution is 5.97. The van der Waals surface area contributed by atoms with Crippen LogP contribution in [0.25, 0.3) is 0 Å². The zero-order valence-corrected chi connectivity index (χ0v) is 5.29. The van der Waals surface area contributed by atoms with Crippen molar-refractivity contribution >= 4 is 5.84 Å². The maximum Gasteiger partial charge on any atom is 0.189 e. The Hall–Kier alpha value is -1.51. The van der Waals surface area contributed by atoms with E-state index in [9.17, 15) is 5.11 Å². The summed E-state index contributed by atoms with van der Waals surface area (Å²) in [5.41, 5.74) is 5.36. The number of para-hydroxylation sites is 1. The van der Waals surface area contributed by atoms with Crippen LogP contribution < -0.4 is 5.73 Å². The lowest BCUT2D eigenvalue weighted by molar-refractivity contribution is 0.354. The van der Waals surface area contributed by atoms with Crippen molar-refractivity contribution < 1.29 is 5.11 Å². The minimum absolute atomic E-state index is 0.175. The highest BCUT2D eigenvalue weighted by atomic mass is 16.3. The van der Waals surface area contributed by atoms with Crippen LogP contribution in [0.15, 0.2) is 24.3 Å². The lowest BCUT2D eigenvalue weighted by Gasteiger charge is -1.96. The summed E-state index contributed by atoms with van der Waals surface area (Å²) < 4.78 is 0. The van der Waals surface area contributed by atoms with E-state index in [-0.39, 0.29) is 17.1 Å². The highest BCUT2D eigenvalue weighted by Gasteiger charge is 2.02. The molecule has 0 aromatic heterocycles. The SMILES string of the molecule is N=C(N)c1ccccc1[O]. The van der Waals surface area contributed by atoms with Gasteiger partial charge in [0.05, 0.1) is 5.56 Å². The van der Waals surface area contributed by atoms with Crippen LogP contribution in [0, 0.1) is 5.41 Å². The monoisotopic (exact) mass is 135 g/mol. The molecule has 3 nitrogen and oxygen atoms in total. The Morgan fingerprint density at radius 3 is 2.40 bits per heavy atom. The van der Waals surface area contributed by atoms with Crippen LogP contribution in [-0.4, -0.2) is 5.84 Å². The average Bonchev–Trinajstić information content (AvgIpc) is 1.88. The van der Waals surface area contributed by atoms with Crippen LogP contribution in [0.4, 0.5) is 0 Å². The van der Waals surface area contributed by atoms with E-state index in [1.807, 2.05) is 0 Å². The van der Waals surface area contributed by atoms with E-state index in [2.05, 4.69) is 0 Å². The van der Waals surface area contributed by atoms with Crippen molar-refractivity contribution in [3.8, 4) is 5.75 Å². The number of nitrogens with two attached hydrogens (primary N) is 1. The smallest absolute Gasteiger partial charge is 0.189 e. The van der Waals surface area contributed by atoms with E-state index in [1.54, 1.807) is 12.1 Å². The molecule has 1 aromatic carbocycles. The van der Waals surface area contributed by atoms with Crippen molar-refractivity contribution in [1.82, 2.24) is 0 Å². The lowest BCUT2D eigenvalue weighted by atomic mass is 10.2. The Morgan fingerprint density at radius 2 is 2.00 bits per heavy atom. The van der Waals surface area contributed by atoms with Crippen molar-refractivity contribution in [1.29, 1.82) is 5.41 Å². The standard InChI is InChI=1S/C7H7N2O/c8-7(9)5-3-1-2-4-6(5)10/h1-4H,(H3,8,9). The highest BCUT2D eigenvalue weighted by Crippen LogP contribution is 2.14. The fourth-order valence-electron chi connectivity index (χ4n) is 0.689. The number of hydrogen-bond donors (Lipinski definition) is 2. The number of benzene rings is 1. The number of amidine groups is 1. The molecule has 0 saturated carbocycles.